The van der Waals surface area contributed by atoms with Crippen molar-refractivity contribution >= 4 is 0 Å². The summed E-state index contributed by atoms with van der Waals surface area (Å²) >= 11 is 0. The minimum atomic E-state index is 0.272. The van der Waals surface area contributed by atoms with Crippen molar-refractivity contribution in [3.8, 4) is 5.75 Å². The molecule has 1 unspecified atom stereocenters. The van der Waals surface area contributed by atoms with Crippen molar-refractivity contribution < 1.29 is 4.74 Å². The number of pyridine rings is 1. The molecule has 3 heteroatoms. The third-order valence-electron chi connectivity index (χ3n) is 4.64. The Morgan fingerprint density at radius 1 is 1.33 bits per heavy atom. The fraction of sp³-hybridized carbons (Fsp3) is 0.722. The summed E-state index contributed by atoms with van der Waals surface area (Å²) in [5.41, 5.74) is 3.75. The highest BCUT2D eigenvalue weighted by molar-refractivity contribution is 5.41. The van der Waals surface area contributed by atoms with Gasteiger partial charge in [0.05, 0.1) is 7.11 Å². The summed E-state index contributed by atoms with van der Waals surface area (Å²) in [5.74, 6) is 1.57. The van der Waals surface area contributed by atoms with Crippen LogP contribution in [0.25, 0.3) is 0 Å². The average Bonchev–Trinajstić information content (AvgIpc) is 3.20. The first-order chi connectivity index (χ1) is 9.82. The quantitative estimate of drug-likeness (QED) is 0.868. The number of nitrogens with zero attached hydrogens (tertiary/aromatic N) is 1. The zero-order chi connectivity index (χ0) is 15.6. The number of hydrogen-bond acceptors (Lipinski definition) is 3. The highest BCUT2D eigenvalue weighted by Crippen LogP contribution is 2.32. The summed E-state index contributed by atoms with van der Waals surface area (Å²) in [5, 5.41) is 3.68. The van der Waals surface area contributed by atoms with Crippen LogP contribution in [0.15, 0.2) is 6.20 Å². The van der Waals surface area contributed by atoms with Crippen LogP contribution >= 0.6 is 0 Å². The van der Waals surface area contributed by atoms with Crippen molar-refractivity contribution in [2.75, 3.05) is 13.7 Å². The van der Waals surface area contributed by atoms with Gasteiger partial charge in [-0.05, 0) is 51.0 Å². The van der Waals surface area contributed by atoms with Gasteiger partial charge in [0.15, 0.2) is 0 Å². The van der Waals surface area contributed by atoms with Gasteiger partial charge in [0, 0.05) is 29.1 Å². The van der Waals surface area contributed by atoms with E-state index in [0.717, 1.165) is 30.3 Å². The number of hydrogen-bond donors (Lipinski definition) is 1. The molecule has 0 bridgehead atoms. The molecule has 1 saturated carbocycles. The molecule has 0 spiro atoms. The maximum Gasteiger partial charge on any atom is 0.128 e. The van der Waals surface area contributed by atoms with Crippen LogP contribution in [0.2, 0.25) is 0 Å². The third-order valence-corrected chi connectivity index (χ3v) is 4.64. The lowest BCUT2D eigenvalue weighted by atomic mass is 9.77. The fourth-order valence-electron chi connectivity index (χ4n) is 2.79. The summed E-state index contributed by atoms with van der Waals surface area (Å²) in [6.07, 6.45) is 5.62. The largest absolute Gasteiger partial charge is 0.496 e. The molecule has 2 rings (SSSR count). The van der Waals surface area contributed by atoms with Crippen LogP contribution in [-0.4, -0.2) is 24.7 Å². The molecule has 1 aromatic rings. The zero-order valence-electron chi connectivity index (χ0n) is 14.4. The minimum absolute atomic E-state index is 0.272. The van der Waals surface area contributed by atoms with E-state index in [1.165, 1.54) is 24.1 Å². The van der Waals surface area contributed by atoms with Gasteiger partial charge in [-0.3, -0.25) is 4.98 Å². The highest BCUT2D eigenvalue weighted by Gasteiger charge is 2.29. The van der Waals surface area contributed by atoms with E-state index in [4.69, 9.17) is 4.74 Å². The number of nitrogens with one attached hydrogen (secondary N) is 1. The molecule has 1 aromatic heterocycles. The Balaban J connectivity index is 2.15. The molecule has 1 N–H and O–H groups in total. The summed E-state index contributed by atoms with van der Waals surface area (Å²) in [4.78, 5) is 4.67. The molecule has 1 atom stereocenters. The first-order valence-corrected chi connectivity index (χ1v) is 8.05. The van der Waals surface area contributed by atoms with Crippen molar-refractivity contribution in [3.63, 3.8) is 0 Å². The van der Waals surface area contributed by atoms with Crippen LogP contribution < -0.4 is 10.1 Å². The van der Waals surface area contributed by atoms with Gasteiger partial charge in [-0.1, -0.05) is 20.8 Å². The molecule has 118 valence electrons. The molecule has 21 heavy (non-hydrogen) atoms. The lowest BCUT2D eigenvalue weighted by molar-refractivity contribution is 0.228. The second kappa shape index (κ2) is 6.35. The molecular weight excluding hydrogens is 260 g/mol. The van der Waals surface area contributed by atoms with Crippen LogP contribution in [0.1, 0.15) is 50.4 Å². The number of methoxy groups -OCH3 is 1. The van der Waals surface area contributed by atoms with E-state index < -0.39 is 0 Å². The van der Waals surface area contributed by atoms with Gasteiger partial charge in [0.25, 0.3) is 0 Å². The first kappa shape index (κ1) is 16.3. The van der Waals surface area contributed by atoms with Crippen LogP contribution in [-0.2, 0) is 6.42 Å². The van der Waals surface area contributed by atoms with Crippen molar-refractivity contribution in [2.24, 2.45) is 11.3 Å². The van der Waals surface area contributed by atoms with Crippen LogP contribution in [0, 0.1) is 25.2 Å². The van der Waals surface area contributed by atoms with Crippen LogP contribution in [0.5, 0.6) is 5.75 Å². The monoisotopic (exact) mass is 290 g/mol. The Bertz CT molecular complexity index is 487. The predicted molar refractivity (Wildman–Crippen MR) is 87.9 cm³/mol. The SMILES string of the molecule is COc1c(C)cnc(CC(CNC2CC2)C(C)(C)C)c1C. The Morgan fingerprint density at radius 2 is 2.00 bits per heavy atom. The molecule has 1 heterocycles. The highest BCUT2D eigenvalue weighted by atomic mass is 16.5. The van der Waals surface area contributed by atoms with E-state index in [1.54, 1.807) is 7.11 Å². The van der Waals surface area contributed by atoms with Gasteiger partial charge in [0.1, 0.15) is 5.75 Å². The topological polar surface area (TPSA) is 34.1 Å². The predicted octanol–water partition coefficient (Wildman–Crippen LogP) is 3.66. The molecule has 0 aliphatic heterocycles. The third kappa shape index (κ3) is 4.19. The molecule has 0 aromatic carbocycles. The minimum Gasteiger partial charge on any atom is -0.496 e. The fourth-order valence-corrected chi connectivity index (χ4v) is 2.79. The summed E-state index contributed by atoms with van der Waals surface area (Å²) in [6, 6.07) is 0.761. The molecule has 0 radical (unpaired) electrons. The van der Waals surface area contributed by atoms with E-state index in [2.05, 4.69) is 44.9 Å². The van der Waals surface area contributed by atoms with Crippen molar-refractivity contribution in [1.82, 2.24) is 10.3 Å². The van der Waals surface area contributed by atoms with Crippen molar-refractivity contribution in [2.45, 2.75) is 59.9 Å². The van der Waals surface area contributed by atoms with E-state index >= 15 is 0 Å². The molecule has 3 nitrogen and oxygen atoms in total. The molecule has 0 saturated heterocycles. The number of ether oxygens (including phenoxy) is 1. The van der Waals surface area contributed by atoms with E-state index in [0.29, 0.717) is 5.92 Å². The van der Waals surface area contributed by atoms with Gasteiger partial charge in [-0.2, -0.15) is 0 Å². The lowest BCUT2D eigenvalue weighted by Gasteiger charge is -2.31. The Morgan fingerprint density at radius 3 is 2.52 bits per heavy atom. The van der Waals surface area contributed by atoms with Gasteiger partial charge < -0.3 is 10.1 Å². The maximum absolute atomic E-state index is 5.54. The second-order valence-electron chi connectivity index (χ2n) is 7.50. The zero-order valence-corrected chi connectivity index (χ0v) is 14.4. The second-order valence-corrected chi connectivity index (χ2v) is 7.50. The Hall–Kier alpha value is -1.09. The Kier molecular flexibility index (Phi) is 4.92. The standard InChI is InChI=1S/C18H30N2O/c1-12-10-20-16(13(2)17(12)21-6)9-14(18(3,4)5)11-19-15-7-8-15/h10,14-15,19H,7-9,11H2,1-6H3. The molecule has 1 aliphatic rings. The van der Waals surface area contributed by atoms with Gasteiger partial charge in [-0.15, -0.1) is 0 Å². The maximum atomic E-state index is 5.54. The smallest absolute Gasteiger partial charge is 0.128 e. The first-order valence-electron chi connectivity index (χ1n) is 8.05. The normalized spacial score (nSPS) is 16.9. The number of aromatic nitrogens is 1. The van der Waals surface area contributed by atoms with Crippen molar-refractivity contribution in [3.05, 3.63) is 23.0 Å². The molecule has 1 fully saturated rings. The van der Waals surface area contributed by atoms with E-state index in [9.17, 15) is 0 Å². The molecule has 0 amide bonds. The summed E-state index contributed by atoms with van der Waals surface area (Å²) < 4.78 is 5.54. The molecule has 1 aliphatic carbocycles. The average molecular weight is 290 g/mol. The van der Waals surface area contributed by atoms with Gasteiger partial charge >= 0.3 is 0 Å². The van der Waals surface area contributed by atoms with E-state index in [1.807, 2.05) is 6.20 Å². The van der Waals surface area contributed by atoms with Gasteiger partial charge in [-0.25, -0.2) is 0 Å². The number of rotatable bonds is 6. The Labute approximate surface area is 129 Å². The summed E-state index contributed by atoms with van der Waals surface area (Å²) in [6.45, 7) is 12.2. The van der Waals surface area contributed by atoms with Crippen LogP contribution in [0.4, 0.5) is 0 Å². The lowest BCUT2D eigenvalue weighted by Crippen LogP contribution is -2.34. The number of aryl methyl sites for hydroxylation is 1. The van der Waals surface area contributed by atoms with Crippen LogP contribution in [0.3, 0.4) is 0 Å². The van der Waals surface area contributed by atoms with E-state index in [-0.39, 0.29) is 5.41 Å². The molecular formula is C18H30N2O. The van der Waals surface area contributed by atoms with Crippen molar-refractivity contribution in [1.29, 1.82) is 0 Å². The van der Waals surface area contributed by atoms with Gasteiger partial charge in [0.2, 0.25) is 0 Å². The summed E-state index contributed by atoms with van der Waals surface area (Å²) in [7, 11) is 1.75.